The lowest BCUT2D eigenvalue weighted by Crippen LogP contribution is -2.36. The largest absolute Gasteiger partial charge is 0.497 e. The molecule has 0 spiro atoms. The molecule has 2 aromatic carbocycles. The SMILES string of the molecule is COc1ccc([C@@H](Cc2ccccc2CO)N[S@](=O)C(C)(C)C)cc1. The quantitative estimate of drug-likeness (QED) is 0.793. The van der Waals surface area contributed by atoms with E-state index in [-0.39, 0.29) is 17.4 Å². The smallest absolute Gasteiger partial charge is 0.118 e. The summed E-state index contributed by atoms with van der Waals surface area (Å²) in [6.45, 7) is 5.84. The van der Waals surface area contributed by atoms with E-state index >= 15 is 0 Å². The first-order chi connectivity index (χ1) is 11.8. The number of methoxy groups -OCH3 is 1. The molecule has 0 saturated carbocycles. The van der Waals surface area contributed by atoms with Crippen molar-refractivity contribution in [3.8, 4) is 5.75 Å². The Morgan fingerprint density at radius 1 is 1.08 bits per heavy atom. The van der Waals surface area contributed by atoms with E-state index in [0.29, 0.717) is 6.42 Å². The molecule has 0 amide bonds. The van der Waals surface area contributed by atoms with E-state index in [1.165, 1.54) is 0 Å². The second-order valence-corrected chi connectivity index (χ2v) is 8.95. The third kappa shape index (κ3) is 5.39. The maximum atomic E-state index is 12.6. The molecule has 0 bridgehead atoms. The average Bonchev–Trinajstić information content (AvgIpc) is 2.60. The minimum absolute atomic E-state index is 0.00609. The van der Waals surface area contributed by atoms with Crippen LogP contribution in [-0.4, -0.2) is 21.2 Å². The van der Waals surface area contributed by atoms with Gasteiger partial charge in [0.1, 0.15) is 5.75 Å². The van der Waals surface area contributed by atoms with Crippen LogP contribution in [0.15, 0.2) is 48.5 Å². The number of hydrogen-bond acceptors (Lipinski definition) is 3. The molecule has 2 atom stereocenters. The summed E-state index contributed by atoms with van der Waals surface area (Å²) in [5.74, 6) is 0.787. The fraction of sp³-hybridized carbons (Fsp3) is 0.400. The number of benzene rings is 2. The van der Waals surface area contributed by atoms with Crippen molar-refractivity contribution in [3.63, 3.8) is 0 Å². The van der Waals surface area contributed by atoms with Gasteiger partial charge in [0.2, 0.25) is 0 Å². The van der Waals surface area contributed by atoms with Crippen molar-refractivity contribution in [1.29, 1.82) is 0 Å². The van der Waals surface area contributed by atoms with Gasteiger partial charge in [0.15, 0.2) is 0 Å². The molecular formula is C20H27NO3S. The number of nitrogens with one attached hydrogen (secondary N) is 1. The molecule has 0 aliphatic heterocycles. The number of aliphatic hydroxyl groups is 1. The van der Waals surface area contributed by atoms with E-state index in [0.717, 1.165) is 22.4 Å². The highest BCUT2D eigenvalue weighted by Gasteiger charge is 2.24. The molecule has 0 heterocycles. The zero-order valence-corrected chi connectivity index (χ0v) is 16.1. The monoisotopic (exact) mass is 361 g/mol. The molecule has 2 aromatic rings. The number of aliphatic hydroxyl groups excluding tert-OH is 1. The fourth-order valence-electron chi connectivity index (χ4n) is 2.50. The zero-order valence-electron chi connectivity index (χ0n) is 15.3. The number of ether oxygens (including phenoxy) is 1. The lowest BCUT2D eigenvalue weighted by atomic mass is 9.96. The molecule has 25 heavy (non-hydrogen) atoms. The Hall–Kier alpha value is -1.69. The highest BCUT2D eigenvalue weighted by molar-refractivity contribution is 7.84. The molecule has 0 saturated heterocycles. The Bertz CT molecular complexity index is 708. The van der Waals surface area contributed by atoms with Gasteiger partial charge in [-0.3, -0.25) is 0 Å². The van der Waals surface area contributed by atoms with Gasteiger partial charge in [-0.25, -0.2) is 8.93 Å². The second kappa shape index (κ2) is 8.61. The van der Waals surface area contributed by atoms with Crippen LogP contribution in [0.3, 0.4) is 0 Å². The van der Waals surface area contributed by atoms with Gasteiger partial charge in [0, 0.05) is 6.04 Å². The third-order valence-electron chi connectivity index (χ3n) is 4.04. The van der Waals surface area contributed by atoms with Crippen molar-refractivity contribution >= 4 is 11.0 Å². The Labute approximate surface area is 152 Å². The standard InChI is InChI=1S/C20H27NO3S/c1-20(2,3)25(23)21-19(15-9-11-18(24-4)12-10-15)13-16-7-5-6-8-17(16)14-22/h5-12,19,21-22H,13-14H2,1-4H3/t19-,25-/m1/s1. The van der Waals surface area contributed by atoms with Crippen LogP contribution in [0.2, 0.25) is 0 Å². The van der Waals surface area contributed by atoms with Crippen LogP contribution >= 0.6 is 0 Å². The van der Waals surface area contributed by atoms with Crippen LogP contribution in [-0.2, 0) is 24.0 Å². The van der Waals surface area contributed by atoms with Crippen LogP contribution in [0.4, 0.5) is 0 Å². The normalized spacial score (nSPS) is 14.1. The molecule has 0 aromatic heterocycles. The Kier molecular flexibility index (Phi) is 6.76. The summed E-state index contributed by atoms with van der Waals surface area (Å²) in [5.41, 5.74) is 2.97. The zero-order chi connectivity index (χ0) is 18.4. The molecular weight excluding hydrogens is 334 g/mol. The first-order valence-corrected chi connectivity index (χ1v) is 9.49. The molecule has 136 valence electrons. The van der Waals surface area contributed by atoms with Crippen LogP contribution in [0, 0.1) is 0 Å². The van der Waals surface area contributed by atoms with Crippen LogP contribution in [0.1, 0.15) is 43.5 Å². The highest BCUT2D eigenvalue weighted by atomic mass is 32.2. The van der Waals surface area contributed by atoms with E-state index < -0.39 is 11.0 Å². The van der Waals surface area contributed by atoms with Gasteiger partial charge in [-0.2, -0.15) is 0 Å². The second-order valence-electron chi connectivity index (χ2n) is 6.96. The molecule has 0 aliphatic carbocycles. The summed E-state index contributed by atoms with van der Waals surface area (Å²) < 4.78 is 20.8. The molecule has 0 fully saturated rings. The summed E-state index contributed by atoms with van der Waals surface area (Å²) in [6, 6.07) is 15.4. The first-order valence-electron chi connectivity index (χ1n) is 8.34. The van der Waals surface area contributed by atoms with Crippen LogP contribution in [0.5, 0.6) is 5.75 Å². The lowest BCUT2D eigenvalue weighted by molar-refractivity contribution is 0.280. The molecule has 4 nitrogen and oxygen atoms in total. The van der Waals surface area contributed by atoms with Gasteiger partial charge in [0.05, 0.1) is 29.4 Å². The van der Waals surface area contributed by atoms with E-state index in [2.05, 4.69) is 4.72 Å². The van der Waals surface area contributed by atoms with Gasteiger partial charge < -0.3 is 9.84 Å². The predicted octanol–water partition coefficient (Wildman–Crippen LogP) is 3.52. The summed E-state index contributed by atoms with van der Waals surface area (Å²) in [7, 11) is 0.435. The van der Waals surface area contributed by atoms with Gasteiger partial charge >= 0.3 is 0 Å². The topological polar surface area (TPSA) is 58.6 Å². The van der Waals surface area contributed by atoms with Crippen molar-refractivity contribution in [2.45, 2.75) is 44.6 Å². The van der Waals surface area contributed by atoms with E-state index in [1.807, 2.05) is 69.3 Å². The summed E-state index contributed by atoms with van der Waals surface area (Å²) in [4.78, 5) is 0. The summed E-state index contributed by atoms with van der Waals surface area (Å²) in [5, 5.41) is 9.58. The number of rotatable bonds is 7. The van der Waals surface area contributed by atoms with Crippen molar-refractivity contribution < 1.29 is 14.1 Å². The minimum Gasteiger partial charge on any atom is -0.497 e. The number of hydrogen-bond donors (Lipinski definition) is 2. The van der Waals surface area contributed by atoms with Gasteiger partial charge in [-0.15, -0.1) is 0 Å². The van der Waals surface area contributed by atoms with E-state index in [1.54, 1.807) is 7.11 Å². The molecule has 0 aliphatic rings. The Morgan fingerprint density at radius 3 is 2.20 bits per heavy atom. The average molecular weight is 362 g/mol. The van der Waals surface area contributed by atoms with Gasteiger partial charge in [0.25, 0.3) is 0 Å². The summed E-state index contributed by atoms with van der Waals surface area (Å²) >= 11 is 0. The molecule has 2 N–H and O–H groups in total. The van der Waals surface area contributed by atoms with Crippen molar-refractivity contribution in [3.05, 3.63) is 65.2 Å². The Morgan fingerprint density at radius 2 is 1.68 bits per heavy atom. The fourth-order valence-corrected chi connectivity index (χ4v) is 3.33. The van der Waals surface area contributed by atoms with Gasteiger partial charge in [-0.05, 0) is 56.0 Å². The lowest BCUT2D eigenvalue weighted by Gasteiger charge is -2.25. The van der Waals surface area contributed by atoms with Crippen LogP contribution < -0.4 is 9.46 Å². The van der Waals surface area contributed by atoms with Crippen molar-refractivity contribution in [1.82, 2.24) is 4.72 Å². The van der Waals surface area contributed by atoms with Crippen LogP contribution in [0.25, 0.3) is 0 Å². The molecule has 0 radical (unpaired) electrons. The predicted molar refractivity (Wildman–Crippen MR) is 103 cm³/mol. The summed E-state index contributed by atoms with van der Waals surface area (Å²) in [6.07, 6.45) is 0.644. The maximum absolute atomic E-state index is 12.6. The molecule has 2 rings (SSSR count). The first kappa shape index (κ1) is 19.6. The third-order valence-corrected chi connectivity index (χ3v) is 5.65. The molecule has 0 unspecified atom stereocenters. The highest BCUT2D eigenvalue weighted by Crippen LogP contribution is 2.25. The van der Waals surface area contributed by atoms with Crippen molar-refractivity contribution in [2.75, 3.05) is 7.11 Å². The van der Waals surface area contributed by atoms with Gasteiger partial charge in [-0.1, -0.05) is 36.4 Å². The van der Waals surface area contributed by atoms with E-state index in [9.17, 15) is 9.32 Å². The Balaban J connectivity index is 2.32. The van der Waals surface area contributed by atoms with Crippen molar-refractivity contribution in [2.24, 2.45) is 0 Å². The molecule has 5 heteroatoms. The maximum Gasteiger partial charge on any atom is 0.118 e. The minimum atomic E-state index is -1.20. The van der Waals surface area contributed by atoms with E-state index in [4.69, 9.17) is 4.74 Å².